The van der Waals surface area contributed by atoms with Crippen LogP contribution in [0.5, 0.6) is 0 Å². The predicted molar refractivity (Wildman–Crippen MR) is 52.8 cm³/mol. The maximum absolute atomic E-state index is 5.98. The molecular formula is C8H6BrClN2. The van der Waals surface area contributed by atoms with E-state index >= 15 is 0 Å². The van der Waals surface area contributed by atoms with Crippen LogP contribution in [0.2, 0.25) is 5.15 Å². The Kier molecular flexibility index (Phi) is 2.07. The third kappa shape index (κ3) is 1.23. The second-order valence-electron chi connectivity index (χ2n) is 2.48. The summed E-state index contributed by atoms with van der Waals surface area (Å²) in [7, 11) is 0. The van der Waals surface area contributed by atoms with Crippen LogP contribution >= 0.6 is 27.5 Å². The molecule has 0 saturated heterocycles. The highest BCUT2D eigenvalue weighted by atomic mass is 79.9. The molecule has 0 aliphatic carbocycles. The Balaban J connectivity index is 2.75. The number of nitrogens with zero attached hydrogens (tertiary/aromatic N) is 2. The van der Waals surface area contributed by atoms with Gasteiger partial charge in [-0.3, -0.25) is 4.40 Å². The van der Waals surface area contributed by atoms with Gasteiger partial charge in [0.05, 0.1) is 0 Å². The minimum absolute atomic E-state index is 0.694. The zero-order valence-corrected chi connectivity index (χ0v) is 8.51. The van der Waals surface area contributed by atoms with Crippen molar-refractivity contribution >= 4 is 33.2 Å². The molecule has 62 valence electrons. The van der Waals surface area contributed by atoms with Crippen LogP contribution in [0.25, 0.3) is 5.65 Å². The van der Waals surface area contributed by atoms with E-state index in [1.54, 1.807) is 6.20 Å². The summed E-state index contributed by atoms with van der Waals surface area (Å²) in [4.78, 5) is 4.15. The Labute approximate surface area is 83.3 Å². The Morgan fingerprint density at radius 2 is 2.33 bits per heavy atom. The van der Waals surface area contributed by atoms with Crippen LogP contribution in [0.3, 0.4) is 0 Å². The molecule has 2 rings (SSSR count). The third-order valence-corrected chi connectivity index (χ3v) is 2.61. The number of pyridine rings is 1. The molecule has 2 heterocycles. The third-order valence-electron chi connectivity index (χ3n) is 1.67. The highest BCUT2D eigenvalue weighted by molar-refractivity contribution is 9.08. The van der Waals surface area contributed by atoms with Crippen molar-refractivity contribution in [3.05, 3.63) is 35.2 Å². The first kappa shape index (κ1) is 8.08. The van der Waals surface area contributed by atoms with Gasteiger partial charge in [0.2, 0.25) is 0 Å². The van der Waals surface area contributed by atoms with Crippen LogP contribution in [0.15, 0.2) is 24.5 Å². The first-order valence-electron chi connectivity index (χ1n) is 3.49. The molecule has 0 N–H and O–H groups in total. The van der Waals surface area contributed by atoms with Crippen molar-refractivity contribution in [2.45, 2.75) is 5.33 Å². The smallest absolute Gasteiger partial charge is 0.138 e. The average molecular weight is 246 g/mol. The van der Waals surface area contributed by atoms with Gasteiger partial charge in [-0.15, -0.1) is 0 Å². The summed E-state index contributed by atoms with van der Waals surface area (Å²) in [5.74, 6) is 0. The van der Waals surface area contributed by atoms with Gasteiger partial charge < -0.3 is 0 Å². The minimum Gasteiger partial charge on any atom is -0.290 e. The Morgan fingerprint density at radius 3 is 3.08 bits per heavy atom. The quantitative estimate of drug-likeness (QED) is 0.558. The molecule has 2 aromatic rings. The summed E-state index contributed by atoms with van der Waals surface area (Å²) < 4.78 is 1.84. The largest absolute Gasteiger partial charge is 0.290 e. The summed E-state index contributed by atoms with van der Waals surface area (Å²) in [5, 5.41) is 1.50. The fraction of sp³-hybridized carbons (Fsp3) is 0.125. The zero-order chi connectivity index (χ0) is 8.55. The highest BCUT2D eigenvalue weighted by Crippen LogP contribution is 2.16. The number of imidazole rings is 1. The van der Waals surface area contributed by atoms with Gasteiger partial charge in [0, 0.05) is 17.7 Å². The molecule has 2 aromatic heterocycles. The average Bonchev–Trinajstić information content (AvgIpc) is 2.52. The Morgan fingerprint density at radius 1 is 1.50 bits per heavy atom. The first-order valence-corrected chi connectivity index (χ1v) is 4.98. The van der Waals surface area contributed by atoms with Crippen LogP contribution in [0.4, 0.5) is 0 Å². The lowest BCUT2D eigenvalue weighted by atomic mass is 10.3. The van der Waals surface area contributed by atoms with Crippen molar-refractivity contribution in [3.63, 3.8) is 0 Å². The molecule has 0 aliphatic rings. The van der Waals surface area contributed by atoms with E-state index in [9.17, 15) is 0 Å². The van der Waals surface area contributed by atoms with E-state index in [1.165, 1.54) is 0 Å². The van der Waals surface area contributed by atoms with Crippen LogP contribution in [0, 0.1) is 0 Å². The van der Waals surface area contributed by atoms with Crippen LogP contribution < -0.4 is 0 Å². The second kappa shape index (κ2) is 3.07. The molecule has 0 saturated carbocycles. The summed E-state index contributed by atoms with van der Waals surface area (Å²) in [6.45, 7) is 0. The fourth-order valence-corrected chi connectivity index (χ4v) is 1.72. The Bertz CT molecular complexity index is 410. The lowest BCUT2D eigenvalue weighted by Gasteiger charge is -1.99. The number of hydrogen-bond donors (Lipinski definition) is 0. The molecule has 0 atom stereocenters. The molecule has 2 nitrogen and oxygen atoms in total. The topological polar surface area (TPSA) is 17.3 Å². The molecule has 0 fully saturated rings. The summed E-state index contributed by atoms with van der Waals surface area (Å²) in [6.07, 6.45) is 3.58. The van der Waals surface area contributed by atoms with Gasteiger partial charge in [-0.1, -0.05) is 27.5 Å². The van der Waals surface area contributed by atoms with Crippen molar-refractivity contribution in [2.24, 2.45) is 0 Å². The van der Waals surface area contributed by atoms with Crippen molar-refractivity contribution in [2.75, 3.05) is 0 Å². The maximum Gasteiger partial charge on any atom is 0.138 e. The van der Waals surface area contributed by atoms with Gasteiger partial charge in [-0.2, -0.15) is 0 Å². The number of rotatable bonds is 1. The highest BCUT2D eigenvalue weighted by Gasteiger charge is 2.00. The molecule has 0 aromatic carbocycles. The standard InChI is InChI=1S/C8H6BrClN2/c9-5-6-3-7(10)12-2-1-11-8(12)4-6/h1-4H,5H2. The molecule has 0 amide bonds. The number of alkyl halides is 1. The predicted octanol–water partition coefficient (Wildman–Crippen LogP) is 2.88. The number of halogens is 2. The van der Waals surface area contributed by atoms with Crippen LogP contribution in [-0.4, -0.2) is 9.38 Å². The summed E-state index contributed by atoms with van der Waals surface area (Å²) in [5.41, 5.74) is 2.02. The van der Waals surface area contributed by atoms with Gasteiger partial charge in [0.1, 0.15) is 10.8 Å². The lowest BCUT2D eigenvalue weighted by molar-refractivity contribution is 1.17. The monoisotopic (exact) mass is 244 g/mol. The number of hydrogen-bond acceptors (Lipinski definition) is 1. The molecule has 12 heavy (non-hydrogen) atoms. The van der Waals surface area contributed by atoms with Crippen molar-refractivity contribution < 1.29 is 0 Å². The van der Waals surface area contributed by atoms with Gasteiger partial charge in [0.15, 0.2) is 0 Å². The SMILES string of the molecule is Clc1cc(CBr)cc2nccn12. The van der Waals surface area contributed by atoms with Crippen LogP contribution in [-0.2, 0) is 5.33 Å². The first-order chi connectivity index (χ1) is 5.81. The number of aromatic nitrogens is 2. The summed E-state index contributed by atoms with van der Waals surface area (Å²) in [6, 6.07) is 3.92. The molecule has 4 heteroatoms. The normalized spacial score (nSPS) is 10.8. The fourth-order valence-electron chi connectivity index (χ4n) is 1.11. The van der Waals surface area contributed by atoms with Crippen LogP contribution in [0.1, 0.15) is 5.56 Å². The van der Waals surface area contributed by atoms with Gasteiger partial charge in [-0.25, -0.2) is 4.98 Å². The molecule has 0 spiro atoms. The molecular weight excluding hydrogens is 239 g/mol. The Hall–Kier alpha value is -0.540. The van der Waals surface area contributed by atoms with Gasteiger partial charge in [-0.05, 0) is 17.7 Å². The molecule has 0 unspecified atom stereocenters. The maximum atomic E-state index is 5.98. The van der Waals surface area contributed by atoms with E-state index in [4.69, 9.17) is 11.6 Å². The van der Waals surface area contributed by atoms with E-state index in [0.717, 1.165) is 16.5 Å². The molecule has 0 radical (unpaired) electrons. The summed E-state index contributed by atoms with van der Waals surface area (Å²) >= 11 is 9.35. The van der Waals surface area contributed by atoms with E-state index in [1.807, 2.05) is 22.7 Å². The van der Waals surface area contributed by atoms with Gasteiger partial charge in [0.25, 0.3) is 0 Å². The zero-order valence-electron chi connectivity index (χ0n) is 6.17. The molecule has 0 aliphatic heterocycles. The minimum atomic E-state index is 0.694. The van der Waals surface area contributed by atoms with E-state index < -0.39 is 0 Å². The van der Waals surface area contributed by atoms with E-state index in [0.29, 0.717) is 5.15 Å². The number of fused-ring (bicyclic) bond motifs is 1. The van der Waals surface area contributed by atoms with E-state index in [-0.39, 0.29) is 0 Å². The van der Waals surface area contributed by atoms with Crippen molar-refractivity contribution in [1.82, 2.24) is 9.38 Å². The van der Waals surface area contributed by atoms with Gasteiger partial charge >= 0.3 is 0 Å². The van der Waals surface area contributed by atoms with E-state index in [2.05, 4.69) is 20.9 Å². The second-order valence-corrected chi connectivity index (χ2v) is 3.42. The molecule has 0 bridgehead atoms. The van der Waals surface area contributed by atoms with Crippen molar-refractivity contribution in [3.8, 4) is 0 Å². The lowest BCUT2D eigenvalue weighted by Crippen LogP contribution is -1.87. The van der Waals surface area contributed by atoms with Crippen molar-refractivity contribution in [1.29, 1.82) is 0 Å².